The average molecular weight is 261 g/mol. The van der Waals surface area contributed by atoms with Crippen LogP contribution < -0.4 is 0 Å². The van der Waals surface area contributed by atoms with Crippen molar-refractivity contribution in [3.05, 3.63) is 0 Å². The van der Waals surface area contributed by atoms with Crippen LogP contribution in [-0.4, -0.2) is 55.0 Å². The minimum atomic E-state index is -2.89. The van der Waals surface area contributed by atoms with E-state index in [1.165, 1.54) is 0 Å². The van der Waals surface area contributed by atoms with Crippen LogP contribution in [0.4, 0.5) is 0 Å². The van der Waals surface area contributed by atoms with Gasteiger partial charge in [0.25, 0.3) is 0 Å². The lowest BCUT2D eigenvalue weighted by Gasteiger charge is -2.26. The third-order valence-electron chi connectivity index (χ3n) is 4.24. The molecule has 0 aromatic heterocycles. The fourth-order valence-electron chi connectivity index (χ4n) is 2.89. The molecule has 0 amide bonds. The van der Waals surface area contributed by atoms with Crippen molar-refractivity contribution >= 4 is 15.8 Å². The van der Waals surface area contributed by atoms with Crippen molar-refractivity contribution in [2.75, 3.05) is 24.6 Å². The molecule has 2 unspecified atom stereocenters. The smallest absolute Gasteiger partial charge is 0.310 e. The summed E-state index contributed by atoms with van der Waals surface area (Å²) in [4.78, 5) is 13.4. The van der Waals surface area contributed by atoms with Gasteiger partial charge in [-0.1, -0.05) is 6.92 Å². The Kier molecular flexibility index (Phi) is 3.20. The summed E-state index contributed by atoms with van der Waals surface area (Å²) < 4.78 is 22.8. The summed E-state index contributed by atoms with van der Waals surface area (Å²) in [6.07, 6.45) is 1.90. The predicted molar refractivity (Wildman–Crippen MR) is 63.6 cm³/mol. The molecule has 2 fully saturated rings. The molecular formula is C11H19NO4S. The van der Waals surface area contributed by atoms with E-state index in [1.807, 2.05) is 6.92 Å². The van der Waals surface area contributed by atoms with Gasteiger partial charge in [0.1, 0.15) is 0 Å². The molecule has 1 N–H and O–H groups in total. The second-order valence-electron chi connectivity index (χ2n) is 5.22. The number of carbonyl (C=O) groups is 1. The molecule has 0 bridgehead atoms. The van der Waals surface area contributed by atoms with Crippen LogP contribution in [-0.2, 0) is 14.6 Å². The molecule has 2 atom stereocenters. The van der Waals surface area contributed by atoms with Gasteiger partial charge < -0.3 is 5.11 Å². The first-order valence-corrected chi connectivity index (χ1v) is 7.88. The summed E-state index contributed by atoms with van der Waals surface area (Å²) in [6, 6.07) is 0.0350. The van der Waals surface area contributed by atoms with Gasteiger partial charge in [0.05, 0.1) is 16.9 Å². The van der Waals surface area contributed by atoms with Gasteiger partial charge in [0.15, 0.2) is 9.84 Å². The first kappa shape index (κ1) is 12.8. The van der Waals surface area contributed by atoms with E-state index in [0.717, 1.165) is 0 Å². The zero-order valence-corrected chi connectivity index (χ0v) is 10.9. The first-order valence-electron chi connectivity index (χ1n) is 6.06. The number of likely N-dealkylation sites (tertiary alicyclic amines) is 1. The van der Waals surface area contributed by atoms with Crippen LogP contribution in [0.3, 0.4) is 0 Å². The minimum Gasteiger partial charge on any atom is -0.481 e. The molecule has 0 radical (unpaired) electrons. The number of nitrogens with zero attached hydrogens (tertiary/aromatic N) is 1. The zero-order valence-electron chi connectivity index (χ0n) is 10.1. The molecule has 2 rings (SSSR count). The number of rotatable bonds is 3. The molecule has 2 heterocycles. The quantitative estimate of drug-likeness (QED) is 0.794. The van der Waals surface area contributed by atoms with Crippen LogP contribution in [0.25, 0.3) is 0 Å². The van der Waals surface area contributed by atoms with Crippen LogP contribution in [0, 0.1) is 5.41 Å². The van der Waals surface area contributed by atoms with Crippen LogP contribution in [0.2, 0.25) is 0 Å². The lowest BCUT2D eigenvalue weighted by atomic mass is 9.84. The molecule has 2 aliphatic rings. The van der Waals surface area contributed by atoms with Gasteiger partial charge in [0.2, 0.25) is 0 Å². The van der Waals surface area contributed by atoms with Crippen molar-refractivity contribution in [2.24, 2.45) is 5.41 Å². The van der Waals surface area contributed by atoms with E-state index >= 15 is 0 Å². The van der Waals surface area contributed by atoms with Gasteiger partial charge in [-0.05, 0) is 25.8 Å². The highest BCUT2D eigenvalue weighted by Crippen LogP contribution is 2.36. The Morgan fingerprint density at radius 2 is 2.24 bits per heavy atom. The molecule has 0 aromatic rings. The van der Waals surface area contributed by atoms with Crippen molar-refractivity contribution in [1.29, 1.82) is 0 Å². The van der Waals surface area contributed by atoms with Crippen molar-refractivity contribution in [2.45, 2.75) is 32.2 Å². The summed E-state index contributed by atoms with van der Waals surface area (Å²) in [5.74, 6) is -0.296. The third kappa shape index (κ3) is 2.33. The molecule has 5 nitrogen and oxygen atoms in total. The van der Waals surface area contributed by atoms with E-state index in [2.05, 4.69) is 4.90 Å². The zero-order chi connectivity index (χ0) is 12.7. The molecule has 0 spiro atoms. The summed E-state index contributed by atoms with van der Waals surface area (Å²) in [5, 5.41) is 9.28. The Morgan fingerprint density at radius 3 is 2.65 bits per heavy atom. The number of hydrogen-bond donors (Lipinski definition) is 1. The number of carboxylic acid groups (broad SMARTS) is 1. The Balaban J connectivity index is 2.06. The Hall–Kier alpha value is -0.620. The lowest BCUT2D eigenvalue weighted by molar-refractivity contribution is -0.148. The first-order chi connectivity index (χ1) is 7.88. The van der Waals surface area contributed by atoms with E-state index in [0.29, 0.717) is 32.4 Å². The molecule has 17 heavy (non-hydrogen) atoms. The maximum atomic E-state index is 11.4. The van der Waals surface area contributed by atoms with Gasteiger partial charge in [0, 0.05) is 12.6 Å². The Labute approximate surface area is 102 Å². The summed E-state index contributed by atoms with van der Waals surface area (Å²) in [5.41, 5.74) is -0.660. The van der Waals surface area contributed by atoms with E-state index < -0.39 is 21.2 Å². The van der Waals surface area contributed by atoms with Gasteiger partial charge in [-0.2, -0.15) is 0 Å². The normalized spacial score (nSPS) is 37.4. The highest BCUT2D eigenvalue weighted by atomic mass is 32.2. The number of sulfone groups is 1. The van der Waals surface area contributed by atoms with Gasteiger partial charge in [-0.15, -0.1) is 0 Å². The van der Waals surface area contributed by atoms with Crippen LogP contribution in [0.1, 0.15) is 26.2 Å². The van der Waals surface area contributed by atoms with Crippen molar-refractivity contribution in [3.63, 3.8) is 0 Å². The van der Waals surface area contributed by atoms with E-state index in [4.69, 9.17) is 0 Å². The van der Waals surface area contributed by atoms with Gasteiger partial charge >= 0.3 is 5.97 Å². The second-order valence-corrected chi connectivity index (χ2v) is 7.45. The standard InChI is InChI=1S/C11H19NO4S/c1-2-11(10(13)14)4-5-12(8-11)9-3-6-17(15,16)7-9/h9H,2-8H2,1H3,(H,13,14). The fraction of sp³-hybridized carbons (Fsp3) is 0.909. The van der Waals surface area contributed by atoms with E-state index in [-0.39, 0.29) is 17.5 Å². The van der Waals surface area contributed by atoms with Crippen molar-refractivity contribution < 1.29 is 18.3 Å². The predicted octanol–water partition coefficient (Wildman–Crippen LogP) is 0.360. The highest BCUT2D eigenvalue weighted by Gasteiger charge is 2.46. The highest BCUT2D eigenvalue weighted by molar-refractivity contribution is 7.91. The average Bonchev–Trinajstić information content (AvgIpc) is 2.82. The molecule has 0 aromatic carbocycles. The van der Waals surface area contributed by atoms with Crippen LogP contribution >= 0.6 is 0 Å². The molecule has 0 aliphatic carbocycles. The summed E-state index contributed by atoms with van der Waals surface area (Å²) in [7, 11) is -2.89. The lowest BCUT2D eigenvalue weighted by Crippen LogP contribution is -2.39. The molecule has 6 heteroatoms. The minimum absolute atomic E-state index is 0.0350. The van der Waals surface area contributed by atoms with Crippen molar-refractivity contribution in [1.82, 2.24) is 4.90 Å². The SMILES string of the molecule is CCC1(C(=O)O)CCN(C2CCS(=O)(=O)C2)C1. The maximum Gasteiger partial charge on any atom is 0.310 e. The molecular weight excluding hydrogens is 242 g/mol. The van der Waals surface area contributed by atoms with Gasteiger partial charge in [-0.25, -0.2) is 8.42 Å². The Morgan fingerprint density at radius 1 is 1.53 bits per heavy atom. The Bertz CT molecular complexity index is 419. The molecule has 2 aliphatic heterocycles. The number of carboxylic acids is 1. The summed E-state index contributed by atoms with van der Waals surface area (Å²) in [6.45, 7) is 3.10. The molecule has 98 valence electrons. The van der Waals surface area contributed by atoms with E-state index in [9.17, 15) is 18.3 Å². The fourth-order valence-corrected chi connectivity index (χ4v) is 4.66. The van der Waals surface area contributed by atoms with Gasteiger partial charge in [-0.3, -0.25) is 9.69 Å². The molecule has 2 saturated heterocycles. The third-order valence-corrected chi connectivity index (χ3v) is 5.99. The molecule has 0 saturated carbocycles. The van der Waals surface area contributed by atoms with E-state index in [1.54, 1.807) is 0 Å². The number of hydrogen-bond acceptors (Lipinski definition) is 4. The van der Waals surface area contributed by atoms with Crippen LogP contribution in [0.15, 0.2) is 0 Å². The van der Waals surface area contributed by atoms with Crippen molar-refractivity contribution in [3.8, 4) is 0 Å². The monoisotopic (exact) mass is 261 g/mol. The topological polar surface area (TPSA) is 74.7 Å². The largest absolute Gasteiger partial charge is 0.481 e. The summed E-state index contributed by atoms with van der Waals surface area (Å²) >= 11 is 0. The maximum absolute atomic E-state index is 11.4. The number of aliphatic carboxylic acids is 1. The van der Waals surface area contributed by atoms with Crippen LogP contribution in [0.5, 0.6) is 0 Å². The second kappa shape index (κ2) is 4.24.